The number of amides is 1. The first-order chi connectivity index (χ1) is 5.25. The zero-order chi connectivity index (χ0) is 8.27. The first-order valence-corrected chi connectivity index (χ1v) is 3.34. The summed E-state index contributed by atoms with van der Waals surface area (Å²) in [4.78, 5) is 22.1. The molecule has 0 unspecified atom stereocenters. The fourth-order valence-electron chi connectivity index (χ4n) is 1.04. The zero-order valence-corrected chi connectivity index (χ0v) is 5.93. The Balaban J connectivity index is 2.68. The van der Waals surface area contributed by atoms with Crippen LogP contribution in [0.15, 0.2) is 12.2 Å². The quantitative estimate of drug-likeness (QED) is 0.446. The van der Waals surface area contributed by atoms with Crippen molar-refractivity contribution >= 4 is 12.4 Å². The summed E-state index contributed by atoms with van der Waals surface area (Å²) >= 11 is 0. The van der Waals surface area contributed by atoms with Crippen LogP contribution in [0, 0.1) is 0 Å². The number of rotatable bonds is 2. The Morgan fingerprint density at radius 1 is 1.64 bits per heavy atom. The smallest absolute Gasteiger partial charge is 0.326 e. The molecule has 1 rings (SSSR count). The van der Waals surface area contributed by atoms with Gasteiger partial charge in [-0.2, -0.15) is 0 Å². The first kappa shape index (κ1) is 7.78. The number of hydrogen-bond donors (Lipinski definition) is 1. The molecule has 0 saturated heterocycles. The average molecular weight is 155 g/mol. The first-order valence-electron chi connectivity index (χ1n) is 3.34. The molecule has 0 spiro atoms. The van der Waals surface area contributed by atoms with Crippen molar-refractivity contribution in [1.82, 2.24) is 4.90 Å². The van der Waals surface area contributed by atoms with E-state index in [0.717, 1.165) is 0 Å². The van der Waals surface area contributed by atoms with Gasteiger partial charge in [-0.3, -0.25) is 4.79 Å². The normalized spacial score (nSPS) is 23.3. The maximum Gasteiger partial charge on any atom is 0.326 e. The van der Waals surface area contributed by atoms with Crippen LogP contribution in [0.25, 0.3) is 0 Å². The Morgan fingerprint density at radius 3 is 2.82 bits per heavy atom. The van der Waals surface area contributed by atoms with Crippen LogP contribution >= 0.6 is 0 Å². The highest BCUT2D eigenvalue weighted by molar-refractivity contribution is 5.76. The van der Waals surface area contributed by atoms with Crippen molar-refractivity contribution in [2.24, 2.45) is 0 Å². The van der Waals surface area contributed by atoms with Crippen molar-refractivity contribution in [2.45, 2.75) is 12.5 Å². The summed E-state index contributed by atoms with van der Waals surface area (Å²) in [5.74, 6) is -0.943. The van der Waals surface area contributed by atoms with E-state index < -0.39 is 12.0 Å². The number of carboxylic acid groups (broad SMARTS) is 1. The average Bonchev–Trinajstić information content (AvgIpc) is 2.04. The van der Waals surface area contributed by atoms with Gasteiger partial charge in [0.1, 0.15) is 6.04 Å². The van der Waals surface area contributed by atoms with Gasteiger partial charge in [0, 0.05) is 6.54 Å². The second-order valence-corrected chi connectivity index (χ2v) is 2.36. The summed E-state index contributed by atoms with van der Waals surface area (Å²) < 4.78 is 0. The Kier molecular flexibility index (Phi) is 2.25. The van der Waals surface area contributed by atoms with E-state index in [4.69, 9.17) is 5.11 Å². The van der Waals surface area contributed by atoms with Crippen LogP contribution in [0.2, 0.25) is 0 Å². The second-order valence-electron chi connectivity index (χ2n) is 2.36. The molecular formula is C7H9NO3. The van der Waals surface area contributed by atoms with Gasteiger partial charge in [0.25, 0.3) is 0 Å². The second kappa shape index (κ2) is 3.18. The van der Waals surface area contributed by atoms with E-state index in [2.05, 4.69) is 0 Å². The van der Waals surface area contributed by atoms with E-state index >= 15 is 0 Å². The summed E-state index contributed by atoms with van der Waals surface area (Å²) in [6, 6.07) is -0.669. The molecule has 0 aliphatic carbocycles. The van der Waals surface area contributed by atoms with Crippen LogP contribution in [0.3, 0.4) is 0 Å². The van der Waals surface area contributed by atoms with E-state index in [9.17, 15) is 9.59 Å². The highest BCUT2D eigenvalue weighted by Crippen LogP contribution is 2.08. The van der Waals surface area contributed by atoms with Crippen LogP contribution in [0.5, 0.6) is 0 Å². The molecule has 1 amide bonds. The largest absolute Gasteiger partial charge is 0.480 e. The summed E-state index contributed by atoms with van der Waals surface area (Å²) in [6.45, 7) is 0.403. The van der Waals surface area contributed by atoms with Gasteiger partial charge in [-0.05, 0) is 6.42 Å². The lowest BCUT2D eigenvalue weighted by Gasteiger charge is -2.25. The SMILES string of the molecule is O=CN1CC=CC[C@@H]1C(=O)O. The standard InChI is InChI=1S/C7H9NO3/c9-5-8-4-2-1-3-6(8)7(10)11/h1-2,5-6H,3-4H2,(H,10,11)/t6-/m1/s1. The predicted molar refractivity (Wildman–Crippen MR) is 38.0 cm³/mol. The van der Waals surface area contributed by atoms with Gasteiger partial charge in [0.2, 0.25) is 6.41 Å². The third-order valence-electron chi connectivity index (χ3n) is 1.66. The van der Waals surface area contributed by atoms with Crippen molar-refractivity contribution in [3.8, 4) is 0 Å². The molecule has 0 aromatic carbocycles. The van der Waals surface area contributed by atoms with Gasteiger partial charge in [-0.25, -0.2) is 4.79 Å². The molecule has 0 fully saturated rings. The topological polar surface area (TPSA) is 57.6 Å². The van der Waals surface area contributed by atoms with Crippen molar-refractivity contribution in [3.05, 3.63) is 12.2 Å². The molecule has 0 aromatic rings. The lowest BCUT2D eigenvalue weighted by Crippen LogP contribution is -2.41. The van der Waals surface area contributed by atoms with Crippen molar-refractivity contribution < 1.29 is 14.7 Å². The van der Waals surface area contributed by atoms with Gasteiger partial charge in [0.15, 0.2) is 0 Å². The monoisotopic (exact) mass is 155 g/mol. The molecule has 60 valence electrons. The molecule has 0 radical (unpaired) electrons. The zero-order valence-electron chi connectivity index (χ0n) is 5.93. The highest BCUT2D eigenvalue weighted by Gasteiger charge is 2.24. The molecule has 4 heteroatoms. The molecular weight excluding hydrogens is 146 g/mol. The molecule has 1 heterocycles. The minimum absolute atomic E-state index is 0.403. The van der Waals surface area contributed by atoms with E-state index in [1.807, 2.05) is 0 Å². The van der Waals surface area contributed by atoms with E-state index in [-0.39, 0.29) is 0 Å². The third-order valence-corrected chi connectivity index (χ3v) is 1.66. The molecule has 1 aliphatic rings. The Labute approximate surface area is 64.1 Å². The van der Waals surface area contributed by atoms with E-state index in [1.165, 1.54) is 4.90 Å². The van der Waals surface area contributed by atoms with Gasteiger partial charge in [-0.1, -0.05) is 12.2 Å². The fourth-order valence-corrected chi connectivity index (χ4v) is 1.04. The number of carbonyl (C=O) groups excluding carboxylic acids is 1. The number of carbonyl (C=O) groups is 2. The lowest BCUT2D eigenvalue weighted by molar-refractivity contribution is -0.146. The predicted octanol–water partition coefficient (Wildman–Crippen LogP) is -0.142. The van der Waals surface area contributed by atoms with Gasteiger partial charge < -0.3 is 10.0 Å². The highest BCUT2D eigenvalue weighted by atomic mass is 16.4. The summed E-state index contributed by atoms with van der Waals surface area (Å²) in [5, 5.41) is 8.61. The number of nitrogens with zero attached hydrogens (tertiary/aromatic N) is 1. The Hall–Kier alpha value is -1.32. The molecule has 4 nitrogen and oxygen atoms in total. The summed E-state index contributed by atoms with van der Waals surface area (Å²) in [5.41, 5.74) is 0. The van der Waals surface area contributed by atoms with Crippen LogP contribution in [0.1, 0.15) is 6.42 Å². The third kappa shape index (κ3) is 1.58. The van der Waals surface area contributed by atoms with Crippen LogP contribution < -0.4 is 0 Å². The van der Waals surface area contributed by atoms with Crippen molar-refractivity contribution in [2.75, 3.05) is 6.54 Å². The molecule has 0 saturated carbocycles. The van der Waals surface area contributed by atoms with Gasteiger partial charge >= 0.3 is 5.97 Å². The number of carboxylic acids is 1. The van der Waals surface area contributed by atoms with E-state index in [0.29, 0.717) is 19.4 Å². The van der Waals surface area contributed by atoms with Crippen molar-refractivity contribution in [1.29, 1.82) is 0 Å². The molecule has 1 N–H and O–H groups in total. The van der Waals surface area contributed by atoms with Crippen LogP contribution in [-0.2, 0) is 9.59 Å². The van der Waals surface area contributed by atoms with Gasteiger partial charge in [-0.15, -0.1) is 0 Å². The Morgan fingerprint density at radius 2 is 2.36 bits per heavy atom. The molecule has 0 bridgehead atoms. The lowest BCUT2D eigenvalue weighted by atomic mass is 10.1. The number of hydrogen-bond acceptors (Lipinski definition) is 2. The molecule has 11 heavy (non-hydrogen) atoms. The van der Waals surface area contributed by atoms with Crippen molar-refractivity contribution in [3.63, 3.8) is 0 Å². The van der Waals surface area contributed by atoms with Crippen LogP contribution in [-0.4, -0.2) is 35.0 Å². The van der Waals surface area contributed by atoms with Crippen LogP contribution in [0.4, 0.5) is 0 Å². The maximum absolute atomic E-state index is 10.5. The van der Waals surface area contributed by atoms with Gasteiger partial charge in [0.05, 0.1) is 0 Å². The summed E-state index contributed by atoms with van der Waals surface area (Å²) in [7, 11) is 0. The fraction of sp³-hybridized carbons (Fsp3) is 0.429. The molecule has 0 aromatic heterocycles. The molecule has 1 aliphatic heterocycles. The molecule has 1 atom stereocenters. The maximum atomic E-state index is 10.5. The number of aliphatic carboxylic acids is 1. The summed E-state index contributed by atoms with van der Waals surface area (Å²) in [6.07, 6.45) is 4.54. The minimum Gasteiger partial charge on any atom is -0.480 e. The minimum atomic E-state index is -0.943. The Bertz CT molecular complexity index is 200. The van der Waals surface area contributed by atoms with E-state index in [1.54, 1.807) is 12.2 Å².